The Bertz CT molecular complexity index is 164. The number of nitrogens with zero attached hydrogens (tertiary/aromatic N) is 1. The van der Waals surface area contributed by atoms with Gasteiger partial charge in [0, 0.05) is 11.8 Å². The lowest BCUT2D eigenvalue weighted by molar-refractivity contribution is 0.242. The largest absolute Gasteiger partial charge is 0.330 e. The molecule has 0 spiro atoms. The quantitative estimate of drug-likeness (QED) is 0.618. The Morgan fingerprint density at radius 2 is 1.88 bits per heavy atom. The number of thioether (sulfide) groups is 1. The highest BCUT2D eigenvalue weighted by molar-refractivity contribution is 7.98. The molecule has 0 aromatic rings. The Balaban J connectivity index is 3.77. The summed E-state index contributed by atoms with van der Waals surface area (Å²) in [4.78, 5) is 2.53. The van der Waals surface area contributed by atoms with E-state index in [1.54, 1.807) is 0 Å². The van der Waals surface area contributed by atoms with Gasteiger partial charge in [0.2, 0.25) is 0 Å². The maximum Gasteiger partial charge on any atom is 0.0180 e. The smallest absolute Gasteiger partial charge is 0.0180 e. The van der Waals surface area contributed by atoms with Crippen molar-refractivity contribution in [1.29, 1.82) is 0 Å². The van der Waals surface area contributed by atoms with E-state index in [4.69, 9.17) is 5.73 Å². The zero-order valence-corrected chi connectivity index (χ0v) is 13.1. The van der Waals surface area contributed by atoms with E-state index in [9.17, 15) is 0 Å². The van der Waals surface area contributed by atoms with Gasteiger partial charge in [0.15, 0.2) is 0 Å². The number of hydrogen-bond donors (Lipinski definition) is 1. The van der Waals surface area contributed by atoms with Crippen molar-refractivity contribution in [2.24, 2.45) is 11.7 Å². The fraction of sp³-hybridized carbons (Fsp3) is 1.00. The monoisotopic (exact) mass is 260 g/mol. The second-order valence-electron chi connectivity index (χ2n) is 4.99. The Labute approximate surface area is 113 Å². The summed E-state index contributed by atoms with van der Waals surface area (Å²) in [6.45, 7) is 6.66. The van der Waals surface area contributed by atoms with E-state index in [1.807, 2.05) is 11.8 Å². The fourth-order valence-electron chi connectivity index (χ4n) is 2.35. The summed E-state index contributed by atoms with van der Waals surface area (Å²) in [7, 11) is 2.27. The molecule has 2 unspecified atom stereocenters. The van der Waals surface area contributed by atoms with Gasteiger partial charge in [0.05, 0.1) is 0 Å². The molecule has 2 nitrogen and oxygen atoms in total. The van der Waals surface area contributed by atoms with E-state index in [1.165, 1.54) is 44.4 Å². The molecule has 104 valence electrons. The summed E-state index contributed by atoms with van der Waals surface area (Å²) >= 11 is 1.96. The minimum Gasteiger partial charge on any atom is -0.330 e. The topological polar surface area (TPSA) is 29.3 Å². The molecule has 0 radical (unpaired) electrons. The second kappa shape index (κ2) is 11.4. The maximum absolute atomic E-state index is 5.63. The molecule has 0 saturated heterocycles. The van der Waals surface area contributed by atoms with Crippen LogP contribution in [0.4, 0.5) is 0 Å². The molecule has 0 heterocycles. The molecule has 0 rings (SSSR count). The first-order chi connectivity index (χ1) is 8.19. The van der Waals surface area contributed by atoms with Gasteiger partial charge in [-0.1, -0.05) is 20.3 Å². The van der Waals surface area contributed by atoms with Crippen LogP contribution in [0, 0.1) is 5.92 Å². The van der Waals surface area contributed by atoms with Crippen LogP contribution in [0.1, 0.15) is 46.0 Å². The van der Waals surface area contributed by atoms with E-state index in [0.717, 1.165) is 18.5 Å². The molecule has 0 bridgehead atoms. The molecule has 0 aliphatic carbocycles. The molecule has 2 atom stereocenters. The maximum atomic E-state index is 5.63. The zero-order chi connectivity index (χ0) is 13.1. The van der Waals surface area contributed by atoms with Crippen molar-refractivity contribution < 1.29 is 0 Å². The molecule has 0 aliphatic heterocycles. The summed E-state index contributed by atoms with van der Waals surface area (Å²) in [6.07, 6.45) is 8.60. The van der Waals surface area contributed by atoms with Crippen LogP contribution in [0.3, 0.4) is 0 Å². The van der Waals surface area contributed by atoms with E-state index >= 15 is 0 Å². The first-order valence-electron chi connectivity index (χ1n) is 7.08. The summed E-state index contributed by atoms with van der Waals surface area (Å²) in [5, 5.41) is 0. The average Bonchev–Trinajstić information content (AvgIpc) is 2.34. The summed E-state index contributed by atoms with van der Waals surface area (Å²) < 4.78 is 0. The van der Waals surface area contributed by atoms with E-state index in [0.29, 0.717) is 0 Å². The lowest BCUT2D eigenvalue weighted by Crippen LogP contribution is -2.34. The molecule has 17 heavy (non-hydrogen) atoms. The summed E-state index contributed by atoms with van der Waals surface area (Å²) in [6, 6.07) is 0.750. The molecular formula is C14H32N2S. The van der Waals surface area contributed by atoms with E-state index < -0.39 is 0 Å². The lowest BCUT2D eigenvalue weighted by Gasteiger charge is -2.27. The minimum absolute atomic E-state index is 0.750. The average molecular weight is 260 g/mol. The van der Waals surface area contributed by atoms with Gasteiger partial charge in [0.1, 0.15) is 0 Å². The second-order valence-corrected chi connectivity index (χ2v) is 5.90. The van der Waals surface area contributed by atoms with Crippen molar-refractivity contribution in [3.63, 3.8) is 0 Å². The Morgan fingerprint density at radius 1 is 1.18 bits per heavy atom. The molecule has 3 heteroatoms. The van der Waals surface area contributed by atoms with Crippen LogP contribution in [-0.2, 0) is 0 Å². The Morgan fingerprint density at radius 3 is 2.35 bits per heavy atom. The minimum atomic E-state index is 0.750. The van der Waals surface area contributed by atoms with E-state index in [-0.39, 0.29) is 0 Å². The fourth-order valence-corrected chi connectivity index (χ4v) is 3.22. The van der Waals surface area contributed by atoms with Crippen molar-refractivity contribution in [2.75, 3.05) is 32.1 Å². The van der Waals surface area contributed by atoms with Gasteiger partial charge in [-0.15, -0.1) is 0 Å². The number of hydrogen-bond acceptors (Lipinski definition) is 3. The van der Waals surface area contributed by atoms with Gasteiger partial charge >= 0.3 is 0 Å². The first kappa shape index (κ1) is 17.3. The van der Waals surface area contributed by atoms with Gasteiger partial charge in [-0.3, -0.25) is 0 Å². The molecule has 2 N–H and O–H groups in total. The molecule has 0 aromatic heterocycles. The van der Waals surface area contributed by atoms with Gasteiger partial charge in [0.25, 0.3) is 0 Å². The SMILES string of the molecule is CCC(CCN)CCCN(C)C(CC)CSC. The molecule has 0 aromatic carbocycles. The zero-order valence-electron chi connectivity index (χ0n) is 12.2. The van der Waals surface area contributed by atoms with Crippen LogP contribution < -0.4 is 5.73 Å². The summed E-state index contributed by atoms with van der Waals surface area (Å²) in [5.41, 5.74) is 5.63. The van der Waals surface area contributed by atoms with Crippen molar-refractivity contribution in [3.8, 4) is 0 Å². The van der Waals surface area contributed by atoms with Crippen molar-refractivity contribution >= 4 is 11.8 Å². The van der Waals surface area contributed by atoms with Crippen LogP contribution >= 0.6 is 11.8 Å². The van der Waals surface area contributed by atoms with Crippen LogP contribution in [0.5, 0.6) is 0 Å². The van der Waals surface area contributed by atoms with Crippen molar-refractivity contribution in [3.05, 3.63) is 0 Å². The lowest BCUT2D eigenvalue weighted by atomic mass is 9.96. The Kier molecular flexibility index (Phi) is 11.5. The van der Waals surface area contributed by atoms with Gasteiger partial charge in [-0.25, -0.2) is 0 Å². The first-order valence-corrected chi connectivity index (χ1v) is 8.48. The molecule has 0 amide bonds. The highest BCUT2D eigenvalue weighted by Gasteiger charge is 2.12. The highest BCUT2D eigenvalue weighted by Crippen LogP contribution is 2.16. The predicted molar refractivity (Wildman–Crippen MR) is 81.8 cm³/mol. The van der Waals surface area contributed by atoms with Crippen LogP contribution in [0.25, 0.3) is 0 Å². The van der Waals surface area contributed by atoms with Crippen LogP contribution in [0.15, 0.2) is 0 Å². The third kappa shape index (κ3) is 8.06. The van der Waals surface area contributed by atoms with Gasteiger partial charge in [-0.05, 0) is 58.0 Å². The van der Waals surface area contributed by atoms with Crippen molar-refractivity contribution in [1.82, 2.24) is 4.90 Å². The number of rotatable bonds is 11. The highest BCUT2D eigenvalue weighted by atomic mass is 32.2. The van der Waals surface area contributed by atoms with Gasteiger partial charge in [-0.2, -0.15) is 11.8 Å². The molecule has 0 saturated carbocycles. The van der Waals surface area contributed by atoms with Gasteiger partial charge < -0.3 is 10.6 Å². The van der Waals surface area contributed by atoms with Crippen LogP contribution in [0.2, 0.25) is 0 Å². The summed E-state index contributed by atoms with van der Waals surface area (Å²) in [5.74, 6) is 2.10. The third-order valence-electron chi connectivity index (χ3n) is 3.73. The molecular weight excluding hydrogens is 228 g/mol. The normalized spacial score (nSPS) is 15.2. The molecule has 0 fully saturated rings. The Hall–Kier alpha value is 0.270. The van der Waals surface area contributed by atoms with E-state index in [2.05, 4.69) is 32.1 Å². The van der Waals surface area contributed by atoms with Crippen LogP contribution in [-0.4, -0.2) is 43.1 Å². The number of nitrogens with two attached hydrogens (primary N) is 1. The van der Waals surface area contributed by atoms with Crippen molar-refractivity contribution in [2.45, 2.75) is 52.0 Å². The standard InChI is InChI=1S/C14H32N2S/c1-5-13(9-10-15)8-7-11-16(3)14(6-2)12-17-4/h13-14H,5-12,15H2,1-4H3. The molecule has 0 aliphatic rings. The predicted octanol–water partition coefficient (Wildman–Crippen LogP) is 3.22. The third-order valence-corrected chi connectivity index (χ3v) is 4.45.